The number of unbranched alkanes of at least 4 members (excludes halogenated alkanes) is 31. The first-order valence-electron chi connectivity index (χ1n) is 26.1. The standard InChI is InChI=1S/C53H101NO5/c1-4-7-10-13-16-19-21-23-25-26-28-30-32-34-37-40-43-46-53(58)59-49(44-41-38-35-18-15-12-9-6-3)47-52(57)54-50(48-55)51(56)45-42-39-36-33-31-29-27-24-22-20-17-14-11-8-5-2/h12,15,23,25,49-51,55-56H,4-11,13-14,16-22,24,26-48H2,1-3H3,(H,54,57)/b15-12-,25-23+. The number of amides is 1. The summed E-state index contributed by atoms with van der Waals surface area (Å²) in [4.78, 5) is 26.0. The van der Waals surface area contributed by atoms with Gasteiger partial charge < -0.3 is 20.3 Å². The second kappa shape index (κ2) is 47.4. The number of carbonyl (C=O) groups is 2. The molecule has 3 atom stereocenters. The number of allylic oxidation sites excluding steroid dienone is 4. The molecule has 59 heavy (non-hydrogen) atoms. The van der Waals surface area contributed by atoms with Gasteiger partial charge in [0.05, 0.1) is 25.2 Å². The molecular weight excluding hydrogens is 731 g/mol. The molecule has 0 fully saturated rings. The van der Waals surface area contributed by atoms with E-state index in [4.69, 9.17) is 4.74 Å². The second-order valence-corrected chi connectivity index (χ2v) is 17.9. The summed E-state index contributed by atoms with van der Waals surface area (Å²) < 4.78 is 5.90. The molecule has 3 N–H and O–H groups in total. The Bertz CT molecular complexity index is 935. The molecule has 348 valence electrons. The Morgan fingerprint density at radius 1 is 0.475 bits per heavy atom. The van der Waals surface area contributed by atoms with Crippen LogP contribution in [0.5, 0.6) is 0 Å². The quantitative estimate of drug-likeness (QED) is 0.0322. The highest BCUT2D eigenvalue weighted by atomic mass is 16.5. The fraction of sp³-hybridized carbons (Fsp3) is 0.887. The molecule has 0 spiro atoms. The van der Waals surface area contributed by atoms with E-state index >= 15 is 0 Å². The zero-order chi connectivity index (χ0) is 43.1. The van der Waals surface area contributed by atoms with Gasteiger partial charge in [-0.1, -0.05) is 218 Å². The first kappa shape index (κ1) is 57.3. The number of rotatable bonds is 47. The van der Waals surface area contributed by atoms with E-state index < -0.39 is 18.2 Å². The molecule has 0 radical (unpaired) electrons. The minimum absolute atomic E-state index is 0.0680. The predicted molar refractivity (Wildman–Crippen MR) is 255 cm³/mol. The minimum Gasteiger partial charge on any atom is -0.462 e. The Hall–Kier alpha value is -1.66. The van der Waals surface area contributed by atoms with Gasteiger partial charge in [-0.2, -0.15) is 0 Å². The van der Waals surface area contributed by atoms with Gasteiger partial charge in [0, 0.05) is 6.42 Å². The number of carbonyl (C=O) groups excluding carboxylic acids is 2. The van der Waals surface area contributed by atoms with Gasteiger partial charge in [-0.25, -0.2) is 0 Å². The van der Waals surface area contributed by atoms with Crippen LogP contribution < -0.4 is 5.32 Å². The maximum atomic E-state index is 13.1. The zero-order valence-corrected chi connectivity index (χ0v) is 39.7. The van der Waals surface area contributed by atoms with Crippen molar-refractivity contribution in [2.45, 2.75) is 296 Å². The highest BCUT2D eigenvalue weighted by Gasteiger charge is 2.24. The van der Waals surface area contributed by atoms with E-state index in [1.165, 1.54) is 161 Å². The van der Waals surface area contributed by atoms with E-state index in [2.05, 4.69) is 50.4 Å². The van der Waals surface area contributed by atoms with E-state index in [9.17, 15) is 19.8 Å². The summed E-state index contributed by atoms with van der Waals surface area (Å²) in [5, 5.41) is 23.7. The molecule has 0 saturated heterocycles. The summed E-state index contributed by atoms with van der Waals surface area (Å²) in [6, 6.07) is -0.702. The number of aliphatic hydroxyl groups is 2. The molecule has 0 aromatic carbocycles. The Balaban J connectivity index is 4.38. The Morgan fingerprint density at radius 2 is 0.847 bits per heavy atom. The lowest BCUT2D eigenvalue weighted by Crippen LogP contribution is -2.46. The van der Waals surface area contributed by atoms with E-state index in [-0.39, 0.29) is 24.9 Å². The molecule has 0 saturated carbocycles. The van der Waals surface area contributed by atoms with Crippen molar-refractivity contribution in [1.29, 1.82) is 0 Å². The van der Waals surface area contributed by atoms with Crippen LogP contribution in [0.3, 0.4) is 0 Å². The molecule has 0 bridgehead atoms. The summed E-state index contributed by atoms with van der Waals surface area (Å²) in [5.74, 6) is -0.488. The van der Waals surface area contributed by atoms with Crippen LogP contribution in [-0.2, 0) is 14.3 Å². The van der Waals surface area contributed by atoms with Crippen LogP contribution in [0.2, 0.25) is 0 Å². The van der Waals surface area contributed by atoms with Crippen molar-refractivity contribution in [3.8, 4) is 0 Å². The number of nitrogens with one attached hydrogen (secondary N) is 1. The first-order chi connectivity index (χ1) is 29.0. The molecule has 0 aliphatic rings. The lowest BCUT2D eigenvalue weighted by atomic mass is 10.0. The largest absolute Gasteiger partial charge is 0.462 e. The van der Waals surface area contributed by atoms with E-state index in [0.29, 0.717) is 19.3 Å². The van der Waals surface area contributed by atoms with Gasteiger partial charge in [-0.3, -0.25) is 9.59 Å². The Morgan fingerprint density at radius 3 is 1.29 bits per heavy atom. The van der Waals surface area contributed by atoms with Gasteiger partial charge in [0.1, 0.15) is 6.10 Å². The lowest BCUT2D eigenvalue weighted by molar-refractivity contribution is -0.151. The topological polar surface area (TPSA) is 95.9 Å². The van der Waals surface area contributed by atoms with Crippen LogP contribution in [-0.4, -0.2) is 46.9 Å². The molecule has 6 nitrogen and oxygen atoms in total. The van der Waals surface area contributed by atoms with Crippen molar-refractivity contribution in [1.82, 2.24) is 5.32 Å². The minimum atomic E-state index is -0.788. The highest BCUT2D eigenvalue weighted by Crippen LogP contribution is 2.18. The van der Waals surface area contributed by atoms with Gasteiger partial charge in [-0.05, 0) is 70.6 Å². The molecule has 3 unspecified atom stereocenters. The smallest absolute Gasteiger partial charge is 0.306 e. The molecule has 0 heterocycles. The van der Waals surface area contributed by atoms with Crippen LogP contribution in [0.25, 0.3) is 0 Å². The number of ether oxygens (including phenoxy) is 1. The summed E-state index contributed by atoms with van der Waals surface area (Å²) in [6.07, 6.45) is 53.9. The summed E-state index contributed by atoms with van der Waals surface area (Å²) in [5.41, 5.74) is 0. The van der Waals surface area contributed by atoms with E-state index in [0.717, 1.165) is 70.6 Å². The van der Waals surface area contributed by atoms with Crippen molar-refractivity contribution in [2.24, 2.45) is 0 Å². The van der Waals surface area contributed by atoms with E-state index in [1.807, 2.05) is 0 Å². The molecule has 0 rings (SSSR count). The molecular formula is C53H101NO5. The lowest BCUT2D eigenvalue weighted by Gasteiger charge is -2.24. The second-order valence-electron chi connectivity index (χ2n) is 17.9. The van der Waals surface area contributed by atoms with Crippen molar-refractivity contribution >= 4 is 11.9 Å². The van der Waals surface area contributed by atoms with Crippen LogP contribution in [0, 0.1) is 0 Å². The average Bonchev–Trinajstić information content (AvgIpc) is 3.23. The molecule has 0 aliphatic carbocycles. The third kappa shape index (κ3) is 42.8. The van der Waals surface area contributed by atoms with Crippen LogP contribution >= 0.6 is 0 Å². The molecule has 0 aliphatic heterocycles. The van der Waals surface area contributed by atoms with Crippen molar-refractivity contribution in [3.05, 3.63) is 24.3 Å². The number of esters is 1. The molecule has 1 amide bonds. The van der Waals surface area contributed by atoms with Gasteiger partial charge in [0.2, 0.25) is 5.91 Å². The maximum absolute atomic E-state index is 13.1. The summed E-state index contributed by atoms with van der Waals surface area (Å²) in [6.45, 7) is 6.42. The third-order valence-electron chi connectivity index (χ3n) is 12.0. The van der Waals surface area contributed by atoms with Crippen molar-refractivity contribution in [2.75, 3.05) is 6.61 Å². The van der Waals surface area contributed by atoms with Crippen molar-refractivity contribution < 1.29 is 24.5 Å². The van der Waals surface area contributed by atoms with Crippen LogP contribution in [0.4, 0.5) is 0 Å². The first-order valence-corrected chi connectivity index (χ1v) is 26.1. The van der Waals surface area contributed by atoms with Gasteiger partial charge in [-0.15, -0.1) is 0 Å². The van der Waals surface area contributed by atoms with E-state index in [1.54, 1.807) is 0 Å². The van der Waals surface area contributed by atoms with Gasteiger partial charge >= 0.3 is 5.97 Å². The number of aliphatic hydroxyl groups excluding tert-OH is 2. The van der Waals surface area contributed by atoms with Crippen LogP contribution in [0.1, 0.15) is 278 Å². The predicted octanol–water partition coefficient (Wildman–Crippen LogP) is 15.5. The average molecular weight is 832 g/mol. The highest BCUT2D eigenvalue weighted by molar-refractivity contribution is 5.77. The molecule has 6 heteroatoms. The van der Waals surface area contributed by atoms with Crippen LogP contribution in [0.15, 0.2) is 24.3 Å². The fourth-order valence-electron chi connectivity index (χ4n) is 8.02. The maximum Gasteiger partial charge on any atom is 0.306 e. The van der Waals surface area contributed by atoms with Crippen molar-refractivity contribution in [3.63, 3.8) is 0 Å². The number of hydrogen-bond acceptors (Lipinski definition) is 5. The summed E-state index contributed by atoms with van der Waals surface area (Å²) in [7, 11) is 0. The zero-order valence-electron chi connectivity index (χ0n) is 39.7. The fourth-order valence-corrected chi connectivity index (χ4v) is 8.02. The summed E-state index contributed by atoms with van der Waals surface area (Å²) >= 11 is 0. The Kier molecular flexibility index (Phi) is 46.1. The SMILES string of the molecule is CCC/C=C\CCCCCC(CC(=O)NC(CO)C(O)CCCCCCCCCCCCCCCCC)OC(=O)CCCCCCCCC/C=C/CCCCCCCC. The normalized spacial score (nSPS) is 13.4. The number of hydrogen-bond donors (Lipinski definition) is 3. The Labute approximate surface area is 367 Å². The van der Waals surface area contributed by atoms with Gasteiger partial charge in [0.15, 0.2) is 0 Å². The monoisotopic (exact) mass is 832 g/mol. The molecule has 0 aromatic heterocycles. The third-order valence-corrected chi connectivity index (χ3v) is 12.0. The molecule has 0 aromatic rings. The van der Waals surface area contributed by atoms with Gasteiger partial charge in [0.25, 0.3) is 0 Å².